The zero-order valence-electron chi connectivity index (χ0n) is 13.7. The minimum absolute atomic E-state index is 0.294. The highest BCUT2D eigenvalue weighted by atomic mass is 16.5. The molecule has 6 nitrogen and oxygen atoms in total. The minimum Gasteiger partial charge on any atom is -0.492 e. The number of rotatable bonds is 6. The lowest BCUT2D eigenvalue weighted by Crippen LogP contribution is -2.20. The van der Waals surface area contributed by atoms with Gasteiger partial charge in [-0.1, -0.05) is 18.2 Å². The second-order valence-corrected chi connectivity index (χ2v) is 4.81. The molecule has 0 aliphatic rings. The third-order valence-electron chi connectivity index (χ3n) is 3.07. The highest BCUT2D eigenvalue weighted by Crippen LogP contribution is 2.26. The first-order valence-corrected chi connectivity index (χ1v) is 7.71. The second kappa shape index (κ2) is 8.57. The molecule has 2 aromatic rings. The summed E-state index contributed by atoms with van der Waals surface area (Å²) in [6.45, 7) is 4.26. The molecule has 0 bridgehead atoms. The van der Waals surface area contributed by atoms with E-state index in [1.807, 2.05) is 25.1 Å². The first-order chi connectivity index (χ1) is 11.6. The number of amides is 2. The van der Waals surface area contributed by atoms with Gasteiger partial charge in [-0.2, -0.15) is 0 Å². The molecule has 126 valence electrons. The van der Waals surface area contributed by atoms with Gasteiger partial charge in [0.05, 0.1) is 24.5 Å². The summed E-state index contributed by atoms with van der Waals surface area (Å²) in [4.78, 5) is 23.9. The van der Waals surface area contributed by atoms with E-state index in [4.69, 9.17) is 9.47 Å². The smallest absolute Gasteiger partial charge is 0.338 e. The van der Waals surface area contributed by atoms with Gasteiger partial charge in [0.1, 0.15) is 5.75 Å². The number of hydrogen-bond acceptors (Lipinski definition) is 4. The number of ether oxygens (including phenoxy) is 2. The lowest BCUT2D eigenvalue weighted by Gasteiger charge is -2.13. The summed E-state index contributed by atoms with van der Waals surface area (Å²) in [6, 6.07) is 13.4. The van der Waals surface area contributed by atoms with E-state index in [2.05, 4.69) is 10.6 Å². The molecule has 0 saturated heterocycles. The molecule has 0 fully saturated rings. The summed E-state index contributed by atoms with van der Waals surface area (Å²) >= 11 is 0. The van der Waals surface area contributed by atoms with E-state index >= 15 is 0 Å². The molecule has 2 N–H and O–H groups in total. The van der Waals surface area contributed by atoms with Crippen molar-refractivity contribution in [1.29, 1.82) is 0 Å². The van der Waals surface area contributed by atoms with Crippen molar-refractivity contribution in [2.45, 2.75) is 13.8 Å². The summed E-state index contributed by atoms with van der Waals surface area (Å²) in [5.41, 5.74) is 1.52. The Hall–Kier alpha value is -3.02. The molecule has 6 heteroatoms. The van der Waals surface area contributed by atoms with E-state index < -0.39 is 12.0 Å². The van der Waals surface area contributed by atoms with E-state index in [1.165, 1.54) is 0 Å². The van der Waals surface area contributed by atoms with Crippen LogP contribution >= 0.6 is 0 Å². The van der Waals surface area contributed by atoms with Gasteiger partial charge < -0.3 is 20.1 Å². The van der Waals surface area contributed by atoms with Crippen molar-refractivity contribution < 1.29 is 19.1 Å². The fourth-order valence-corrected chi connectivity index (χ4v) is 2.05. The van der Waals surface area contributed by atoms with Crippen molar-refractivity contribution in [2.24, 2.45) is 0 Å². The van der Waals surface area contributed by atoms with Crippen LogP contribution in [0.1, 0.15) is 24.2 Å². The summed E-state index contributed by atoms with van der Waals surface area (Å²) < 4.78 is 10.5. The van der Waals surface area contributed by atoms with Gasteiger partial charge in [-0.05, 0) is 44.2 Å². The van der Waals surface area contributed by atoms with Crippen molar-refractivity contribution >= 4 is 23.4 Å². The Morgan fingerprint density at radius 3 is 2.38 bits per heavy atom. The molecule has 2 amide bonds. The topological polar surface area (TPSA) is 76.7 Å². The minimum atomic E-state index is -0.432. The van der Waals surface area contributed by atoms with Crippen molar-refractivity contribution in [2.75, 3.05) is 23.8 Å². The molecular weight excluding hydrogens is 308 g/mol. The van der Waals surface area contributed by atoms with Gasteiger partial charge >= 0.3 is 12.0 Å². The van der Waals surface area contributed by atoms with E-state index in [1.54, 1.807) is 37.3 Å². The van der Waals surface area contributed by atoms with Crippen LogP contribution in [0.15, 0.2) is 48.5 Å². The lowest BCUT2D eigenvalue weighted by molar-refractivity contribution is 0.0526. The quantitative estimate of drug-likeness (QED) is 0.788. The molecule has 0 aromatic heterocycles. The van der Waals surface area contributed by atoms with E-state index in [0.717, 1.165) is 0 Å². The number of hydrogen-bond donors (Lipinski definition) is 2. The predicted molar refractivity (Wildman–Crippen MR) is 92.7 cm³/mol. The van der Waals surface area contributed by atoms with Crippen LogP contribution in [-0.2, 0) is 4.74 Å². The molecule has 0 aliphatic carbocycles. The number of urea groups is 1. The molecule has 2 aromatic carbocycles. The number of anilines is 2. The highest BCUT2D eigenvalue weighted by Gasteiger charge is 2.13. The van der Waals surface area contributed by atoms with Crippen LogP contribution in [0.5, 0.6) is 5.75 Å². The Kier molecular flexibility index (Phi) is 6.19. The van der Waals surface area contributed by atoms with Crippen LogP contribution in [-0.4, -0.2) is 25.2 Å². The Bertz CT molecular complexity index is 701. The van der Waals surface area contributed by atoms with Crippen molar-refractivity contribution in [3.63, 3.8) is 0 Å². The van der Waals surface area contributed by atoms with Gasteiger partial charge in [0.25, 0.3) is 0 Å². The summed E-state index contributed by atoms with van der Waals surface area (Å²) in [5, 5.41) is 5.43. The average Bonchev–Trinajstić information content (AvgIpc) is 2.57. The second-order valence-electron chi connectivity index (χ2n) is 4.81. The maximum absolute atomic E-state index is 12.1. The summed E-state index contributed by atoms with van der Waals surface area (Å²) in [6.07, 6.45) is 0. The first kappa shape index (κ1) is 17.3. The van der Waals surface area contributed by atoms with Gasteiger partial charge in [-0.3, -0.25) is 0 Å². The molecule has 0 saturated carbocycles. The number of carbonyl (C=O) groups excluding carboxylic acids is 2. The predicted octanol–water partition coefficient (Wildman–Crippen LogP) is 3.91. The van der Waals surface area contributed by atoms with Crippen LogP contribution in [0, 0.1) is 0 Å². The largest absolute Gasteiger partial charge is 0.492 e. The van der Waals surface area contributed by atoms with Gasteiger partial charge in [0, 0.05) is 5.69 Å². The first-order valence-electron chi connectivity index (χ1n) is 7.71. The molecule has 0 aliphatic heterocycles. The van der Waals surface area contributed by atoms with Crippen LogP contribution < -0.4 is 15.4 Å². The normalized spacial score (nSPS) is 9.92. The van der Waals surface area contributed by atoms with Gasteiger partial charge in [0.2, 0.25) is 0 Å². The number of carbonyl (C=O) groups is 2. The van der Waals surface area contributed by atoms with Gasteiger partial charge in [-0.15, -0.1) is 0 Å². The summed E-state index contributed by atoms with van der Waals surface area (Å²) in [7, 11) is 0. The van der Waals surface area contributed by atoms with Crippen molar-refractivity contribution in [3.05, 3.63) is 54.1 Å². The lowest BCUT2D eigenvalue weighted by atomic mass is 10.2. The van der Waals surface area contributed by atoms with E-state index in [9.17, 15) is 9.59 Å². The number of benzene rings is 2. The fourth-order valence-electron chi connectivity index (χ4n) is 2.05. The summed E-state index contributed by atoms with van der Waals surface area (Å²) in [5.74, 6) is -0.0231. The Morgan fingerprint density at radius 2 is 1.71 bits per heavy atom. The molecule has 2 rings (SSSR count). The van der Waals surface area contributed by atoms with Crippen LogP contribution in [0.3, 0.4) is 0 Å². The van der Waals surface area contributed by atoms with E-state index in [-0.39, 0.29) is 0 Å². The van der Waals surface area contributed by atoms with Crippen molar-refractivity contribution in [1.82, 2.24) is 0 Å². The molecule has 24 heavy (non-hydrogen) atoms. The Morgan fingerprint density at radius 1 is 0.958 bits per heavy atom. The number of esters is 1. The molecular formula is C18H20N2O4. The zero-order valence-corrected chi connectivity index (χ0v) is 13.7. The van der Waals surface area contributed by atoms with Gasteiger partial charge in [0.15, 0.2) is 0 Å². The highest BCUT2D eigenvalue weighted by molar-refractivity contribution is 6.01. The van der Waals surface area contributed by atoms with Gasteiger partial charge in [-0.25, -0.2) is 9.59 Å². The third kappa shape index (κ3) is 4.74. The van der Waals surface area contributed by atoms with Crippen LogP contribution in [0.4, 0.5) is 16.2 Å². The van der Waals surface area contributed by atoms with Crippen molar-refractivity contribution in [3.8, 4) is 5.75 Å². The van der Waals surface area contributed by atoms with E-state index in [0.29, 0.717) is 35.9 Å². The average molecular weight is 328 g/mol. The Balaban J connectivity index is 2.13. The molecule has 0 heterocycles. The maximum atomic E-state index is 12.1. The zero-order chi connectivity index (χ0) is 17.4. The maximum Gasteiger partial charge on any atom is 0.338 e. The number of para-hydroxylation sites is 1. The molecule has 0 atom stereocenters. The fraction of sp³-hybridized carbons (Fsp3) is 0.222. The third-order valence-corrected chi connectivity index (χ3v) is 3.07. The van der Waals surface area contributed by atoms with Crippen LogP contribution in [0.2, 0.25) is 0 Å². The SMILES string of the molecule is CCOC(=O)c1ccc(NC(=O)Nc2ccccc2)c(OCC)c1. The number of nitrogens with one attached hydrogen (secondary N) is 2. The Labute approximate surface area is 140 Å². The van der Waals surface area contributed by atoms with Crippen LogP contribution in [0.25, 0.3) is 0 Å². The monoisotopic (exact) mass is 328 g/mol. The molecule has 0 unspecified atom stereocenters. The molecule has 0 radical (unpaired) electrons. The standard InChI is InChI=1S/C18H20N2O4/c1-3-23-16-12-13(17(21)24-4-2)10-11-15(16)20-18(22)19-14-8-6-5-7-9-14/h5-12H,3-4H2,1-2H3,(H2,19,20,22). The molecule has 0 spiro atoms.